The molecular weight excluding hydrogens is 518 g/mol. The number of carbonyl (C=O) groups is 2. The van der Waals surface area contributed by atoms with Gasteiger partial charge in [0.15, 0.2) is 0 Å². The predicted octanol–water partition coefficient (Wildman–Crippen LogP) is 5.97. The Morgan fingerprint density at radius 3 is 2.25 bits per heavy atom. The van der Waals surface area contributed by atoms with Gasteiger partial charge in [-0.3, -0.25) is 9.59 Å². The van der Waals surface area contributed by atoms with Crippen LogP contribution < -0.4 is 0 Å². The second-order valence-electron chi connectivity index (χ2n) is 10.6. The minimum atomic E-state index is -0.0208. The van der Waals surface area contributed by atoms with Gasteiger partial charge in [0.2, 0.25) is 0 Å². The Labute approximate surface area is 236 Å². The van der Waals surface area contributed by atoms with Crippen LogP contribution in [0.2, 0.25) is 0 Å². The molecule has 5 aromatic rings. The molecule has 7 rings (SSSR count). The number of aromatic nitrogens is 3. The van der Waals surface area contributed by atoms with Gasteiger partial charge in [-0.15, -0.1) is 11.3 Å². The van der Waals surface area contributed by atoms with Crippen molar-refractivity contribution >= 4 is 33.9 Å². The average Bonchev–Trinajstić information content (AvgIpc) is 3.65. The van der Waals surface area contributed by atoms with Gasteiger partial charge in [0.25, 0.3) is 11.8 Å². The highest BCUT2D eigenvalue weighted by atomic mass is 32.1. The molecule has 1 saturated heterocycles. The van der Waals surface area contributed by atoms with E-state index in [0.29, 0.717) is 37.4 Å². The molecule has 0 bridgehead atoms. The number of thiazole rings is 1. The van der Waals surface area contributed by atoms with E-state index in [2.05, 4.69) is 41.5 Å². The van der Waals surface area contributed by atoms with Gasteiger partial charge in [-0.25, -0.2) is 9.67 Å². The molecule has 2 aromatic heterocycles. The normalized spacial score (nSPS) is 15.5. The summed E-state index contributed by atoms with van der Waals surface area (Å²) in [7, 11) is 0. The van der Waals surface area contributed by atoms with Gasteiger partial charge >= 0.3 is 0 Å². The molecule has 200 valence electrons. The van der Waals surface area contributed by atoms with Crippen molar-refractivity contribution < 1.29 is 9.59 Å². The molecule has 8 heteroatoms. The molecule has 2 aliphatic heterocycles. The number of carbonyl (C=O) groups excluding carboxylic acids is 2. The lowest BCUT2D eigenvalue weighted by molar-refractivity contribution is 0.0711. The Kier molecular flexibility index (Phi) is 6.20. The molecule has 0 spiro atoms. The van der Waals surface area contributed by atoms with E-state index in [1.807, 2.05) is 57.1 Å². The van der Waals surface area contributed by atoms with Gasteiger partial charge < -0.3 is 9.80 Å². The number of nitrogens with zero attached hydrogens (tertiary/aromatic N) is 5. The fourth-order valence-electron chi connectivity index (χ4n) is 6.06. The molecule has 4 heterocycles. The predicted molar refractivity (Wildman–Crippen MR) is 156 cm³/mol. The first-order chi connectivity index (χ1) is 19.6. The second kappa shape index (κ2) is 10.0. The van der Waals surface area contributed by atoms with Gasteiger partial charge in [0.05, 0.1) is 28.1 Å². The van der Waals surface area contributed by atoms with Gasteiger partial charge in [0, 0.05) is 37.5 Å². The van der Waals surface area contributed by atoms with Gasteiger partial charge in [-0.1, -0.05) is 54.6 Å². The summed E-state index contributed by atoms with van der Waals surface area (Å²) in [5, 5.41) is 9.86. The lowest BCUT2D eigenvalue weighted by Crippen LogP contribution is -2.38. The first-order valence-corrected chi connectivity index (χ1v) is 14.6. The molecule has 3 aromatic carbocycles. The molecule has 0 N–H and O–H groups in total. The maximum Gasteiger partial charge on any atom is 0.273 e. The summed E-state index contributed by atoms with van der Waals surface area (Å²) < 4.78 is 1.81. The van der Waals surface area contributed by atoms with Crippen LogP contribution in [0, 0.1) is 6.92 Å². The van der Waals surface area contributed by atoms with Crippen molar-refractivity contribution in [2.75, 3.05) is 13.1 Å². The smallest absolute Gasteiger partial charge is 0.273 e. The summed E-state index contributed by atoms with van der Waals surface area (Å²) in [5.41, 5.74) is 5.32. The highest BCUT2D eigenvalue weighted by molar-refractivity contribution is 7.09. The van der Waals surface area contributed by atoms with Crippen molar-refractivity contribution in [2.24, 2.45) is 0 Å². The van der Waals surface area contributed by atoms with Crippen LogP contribution in [-0.4, -0.2) is 49.5 Å². The number of rotatable bonds is 4. The average molecular weight is 548 g/mol. The highest BCUT2D eigenvalue weighted by Gasteiger charge is 2.30. The van der Waals surface area contributed by atoms with Crippen LogP contribution in [0.1, 0.15) is 61.4 Å². The van der Waals surface area contributed by atoms with Crippen molar-refractivity contribution in [1.82, 2.24) is 24.6 Å². The summed E-state index contributed by atoms with van der Waals surface area (Å²) in [6, 6.07) is 22.5. The zero-order valence-corrected chi connectivity index (χ0v) is 23.1. The van der Waals surface area contributed by atoms with Crippen LogP contribution in [0.3, 0.4) is 0 Å². The quantitative estimate of drug-likeness (QED) is 0.278. The highest BCUT2D eigenvalue weighted by Crippen LogP contribution is 2.33. The van der Waals surface area contributed by atoms with Gasteiger partial charge in [-0.2, -0.15) is 5.10 Å². The Morgan fingerprint density at radius 1 is 0.850 bits per heavy atom. The summed E-state index contributed by atoms with van der Waals surface area (Å²) in [4.78, 5) is 35.4. The molecule has 1 fully saturated rings. The Bertz CT molecular complexity index is 1690. The third-order valence-electron chi connectivity index (χ3n) is 8.20. The van der Waals surface area contributed by atoms with E-state index in [0.717, 1.165) is 29.2 Å². The van der Waals surface area contributed by atoms with E-state index in [9.17, 15) is 9.59 Å². The van der Waals surface area contributed by atoms with Gasteiger partial charge in [0.1, 0.15) is 5.69 Å². The third kappa shape index (κ3) is 4.29. The largest absolute Gasteiger partial charge is 0.338 e. The SMILES string of the molecule is Cc1c(C(=O)N2CCC(c3nc(C(=O)N4Cc5cccc6cccc(c56)C4)cs3)CC2)cnn1-c1ccccc1. The van der Waals surface area contributed by atoms with Crippen LogP contribution in [0.25, 0.3) is 16.5 Å². The van der Waals surface area contributed by atoms with E-state index in [-0.39, 0.29) is 17.7 Å². The number of hydrogen-bond acceptors (Lipinski definition) is 5. The van der Waals surface area contributed by atoms with E-state index < -0.39 is 0 Å². The van der Waals surface area contributed by atoms with Crippen LogP contribution in [0.5, 0.6) is 0 Å². The molecule has 2 aliphatic rings. The fraction of sp³-hybridized carbons (Fsp3) is 0.250. The molecular formula is C32H29N5O2S. The van der Waals surface area contributed by atoms with E-state index in [1.165, 1.54) is 21.9 Å². The molecule has 0 radical (unpaired) electrons. The maximum atomic E-state index is 13.5. The number of likely N-dealkylation sites (tertiary alicyclic amines) is 1. The summed E-state index contributed by atoms with van der Waals surface area (Å²) in [5.74, 6) is 0.251. The van der Waals surface area contributed by atoms with Crippen LogP contribution in [-0.2, 0) is 13.1 Å². The Hall–Kier alpha value is -4.30. The Balaban J connectivity index is 1.01. The molecule has 0 atom stereocenters. The molecule has 2 amide bonds. The standard InChI is InChI=1S/C32H29N5O2S/c1-21-27(17-33-37(21)26-11-3-2-4-12-26)31(38)35-15-13-23(14-16-35)30-34-28(20-40-30)32(39)36-18-24-9-5-7-22-8-6-10-25(19-36)29(22)24/h2-12,17,20,23H,13-16,18-19H2,1H3. The minimum Gasteiger partial charge on any atom is -0.338 e. The minimum absolute atomic E-state index is 0.0208. The summed E-state index contributed by atoms with van der Waals surface area (Å²) >= 11 is 1.56. The van der Waals surface area contributed by atoms with Crippen molar-refractivity contribution in [3.8, 4) is 5.69 Å². The summed E-state index contributed by atoms with van der Waals surface area (Å²) in [6.45, 7) is 4.46. The van der Waals surface area contributed by atoms with E-state index in [1.54, 1.807) is 17.5 Å². The maximum absolute atomic E-state index is 13.5. The lowest BCUT2D eigenvalue weighted by Gasteiger charge is -2.31. The van der Waals surface area contributed by atoms with E-state index >= 15 is 0 Å². The zero-order chi connectivity index (χ0) is 27.2. The van der Waals surface area contributed by atoms with Crippen LogP contribution in [0.4, 0.5) is 0 Å². The van der Waals surface area contributed by atoms with Crippen LogP contribution >= 0.6 is 11.3 Å². The molecule has 40 heavy (non-hydrogen) atoms. The number of para-hydroxylation sites is 1. The van der Waals surface area contributed by atoms with Gasteiger partial charge in [-0.05, 0) is 53.8 Å². The number of benzene rings is 3. The number of amides is 2. The first-order valence-electron chi connectivity index (χ1n) is 13.7. The number of hydrogen-bond donors (Lipinski definition) is 0. The summed E-state index contributed by atoms with van der Waals surface area (Å²) in [6.07, 6.45) is 3.34. The number of piperidine rings is 1. The molecule has 0 unspecified atom stereocenters. The third-order valence-corrected chi connectivity index (χ3v) is 9.21. The monoisotopic (exact) mass is 547 g/mol. The van der Waals surface area contributed by atoms with Crippen molar-refractivity contribution in [2.45, 2.75) is 38.8 Å². The topological polar surface area (TPSA) is 71.3 Å². The van der Waals surface area contributed by atoms with Crippen LogP contribution in [0.15, 0.2) is 78.3 Å². The molecule has 0 aliphatic carbocycles. The fourth-order valence-corrected chi connectivity index (χ4v) is 7.03. The lowest BCUT2D eigenvalue weighted by atomic mass is 9.95. The zero-order valence-electron chi connectivity index (χ0n) is 22.3. The van der Waals surface area contributed by atoms with Crippen molar-refractivity contribution in [3.05, 3.63) is 111 Å². The first kappa shape index (κ1) is 24.7. The second-order valence-corrected chi connectivity index (χ2v) is 11.5. The Morgan fingerprint density at radius 2 is 1.55 bits per heavy atom. The van der Waals surface area contributed by atoms with Crippen molar-refractivity contribution in [1.29, 1.82) is 0 Å². The van der Waals surface area contributed by atoms with E-state index in [4.69, 9.17) is 4.98 Å². The molecule has 0 saturated carbocycles. The van der Waals surface area contributed by atoms with Crippen molar-refractivity contribution in [3.63, 3.8) is 0 Å². The molecule has 7 nitrogen and oxygen atoms in total.